The van der Waals surface area contributed by atoms with Crippen molar-refractivity contribution in [3.05, 3.63) is 40.2 Å². The standard InChI is InChI=1S/C18H22N4OS/c1-20-17(13-16(19-20)14-4-5-14)21-8-10-22(11-9-21)18(23)7-6-15-3-2-12-24-15/h2-3,6-7,12-14H,4-5,8-11H2,1H3/b7-6+. The maximum absolute atomic E-state index is 12.3. The lowest BCUT2D eigenvalue weighted by Crippen LogP contribution is -2.48. The first-order valence-corrected chi connectivity index (χ1v) is 9.38. The smallest absolute Gasteiger partial charge is 0.246 e. The van der Waals surface area contributed by atoms with Gasteiger partial charge in [0.1, 0.15) is 5.82 Å². The van der Waals surface area contributed by atoms with Crippen molar-refractivity contribution in [2.24, 2.45) is 7.05 Å². The summed E-state index contributed by atoms with van der Waals surface area (Å²) < 4.78 is 1.99. The molecule has 2 fully saturated rings. The number of anilines is 1. The zero-order chi connectivity index (χ0) is 16.5. The van der Waals surface area contributed by atoms with Crippen molar-refractivity contribution in [3.63, 3.8) is 0 Å². The molecule has 1 aliphatic heterocycles. The van der Waals surface area contributed by atoms with Crippen molar-refractivity contribution < 1.29 is 4.79 Å². The summed E-state index contributed by atoms with van der Waals surface area (Å²) >= 11 is 1.65. The highest BCUT2D eigenvalue weighted by atomic mass is 32.1. The molecule has 1 aliphatic carbocycles. The lowest BCUT2D eigenvalue weighted by Gasteiger charge is -2.35. The van der Waals surface area contributed by atoms with Crippen LogP contribution in [0.2, 0.25) is 0 Å². The van der Waals surface area contributed by atoms with Crippen molar-refractivity contribution in [2.45, 2.75) is 18.8 Å². The molecule has 0 atom stereocenters. The molecule has 0 bridgehead atoms. The number of thiophene rings is 1. The Morgan fingerprint density at radius 2 is 2.08 bits per heavy atom. The summed E-state index contributed by atoms with van der Waals surface area (Å²) in [5.74, 6) is 1.96. The second kappa shape index (κ2) is 6.43. The number of rotatable bonds is 4. The predicted octanol–water partition coefficient (Wildman–Crippen LogP) is 2.72. The highest BCUT2D eigenvalue weighted by Gasteiger charge is 2.29. The van der Waals surface area contributed by atoms with Gasteiger partial charge in [0.15, 0.2) is 0 Å². The molecule has 4 rings (SSSR count). The van der Waals surface area contributed by atoms with Crippen molar-refractivity contribution in [2.75, 3.05) is 31.1 Å². The van der Waals surface area contributed by atoms with Gasteiger partial charge in [0.25, 0.3) is 0 Å². The predicted molar refractivity (Wildman–Crippen MR) is 97.3 cm³/mol. The van der Waals surface area contributed by atoms with Gasteiger partial charge in [-0.25, -0.2) is 0 Å². The van der Waals surface area contributed by atoms with Gasteiger partial charge < -0.3 is 9.80 Å². The zero-order valence-corrected chi connectivity index (χ0v) is 14.7. The summed E-state index contributed by atoms with van der Waals surface area (Å²) in [7, 11) is 2.02. The Kier molecular flexibility index (Phi) is 4.14. The topological polar surface area (TPSA) is 41.4 Å². The van der Waals surface area contributed by atoms with Crippen molar-refractivity contribution in [3.8, 4) is 0 Å². The Morgan fingerprint density at radius 1 is 1.29 bits per heavy atom. The number of carbonyl (C=O) groups is 1. The van der Waals surface area contributed by atoms with Gasteiger partial charge in [-0.15, -0.1) is 11.3 Å². The van der Waals surface area contributed by atoms with E-state index in [4.69, 9.17) is 0 Å². The maximum Gasteiger partial charge on any atom is 0.246 e. The van der Waals surface area contributed by atoms with Crippen LogP contribution in [0.15, 0.2) is 29.7 Å². The number of piperazine rings is 1. The third kappa shape index (κ3) is 3.24. The summed E-state index contributed by atoms with van der Waals surface area (Å²) in [5.41, 5.74) is 1.23. The van der Waals surface area contributed by atoms with E-state index < -0.39 is 0 Å². The van der Waals surface area contributed by atoms with Crippen LogP contribution in [0.25, 0.3) is 6.08 Å². The average Bonchev–Trinajstić information content (AvgIpc) is 3.18. The number of hydrogen-bond acceptors (Lipinski definition) is 4. The number of aryl methyl sites for hydroxylation is 1. The first kappa shape index (κ1) is 15.4. The highest BCUT2D eigenvalue weighted by molar-refractivity contribution is 7.10. The maximum atomic E-state index is 12.3. The number of nitrogens with zero attached hydrogens (tertiary/aromatic N) is 4. The first-order chi connectivity index (χ1) is 11.7. The molecule has 1 saturated heterocycles. The van der Waals surface area contributed by atoms with E-state index in [1.54, 1.807) is 17.4 Å². The molecule has 0 unspecified atom stereocenters. The molecule has 0 N–H and O–H groups in total. The molecule has 2 aromatic heterocycles. The lowest BCUT2D eigenvalue weighted by molar-refractivity contribution is -0.126. The lowest BCUT2D eigenvalue weighted by atomic mass is 10.2. The van der Waals surface area contributed by atoms with Crippen LogP contribution in [0, 0.1) is 0 Å². The van der Waals surface area contributed by atoms with E-state index in [9.17, 15) is 4.79 Å². The Balaban J connectivity index is 1.35. The van der Waals surface area contributed by atoms with E-state index in [1.807, 2.05) is 40.2 Å². The Labute approximate surface area is 146 Å². The van der Waals surface area contributed by atoms with E-state index >= 15 is 0 Å². The molecule has 24 heavy (non-hydrogen) atoms. The van der Waals surface area contributed by atoms with E-state index in [2.05, 4.69) is 16.1 Å². The highest BCUT2D eigenvalue weighted by Crippen LogP contribution is 2.40. The third-order valence-electron chi connectivity index (χ3n) is 4.72. The molecule has 0 spiro atoms. The molecule has 5 nitrogen and oxygen atoms in total. The van der Waals surface area contributed by atoms with Crippen molar-refractivity contribution in [1.29, 1.82) is 0 Å². The molecule has 1 saturated carbocycles. The Morgan fingerprint density at radius 3 is 2.75 bits per heavy atom. The fourth-order valence-electron chi connectivity index (χ4n) is 3.15. The fraction of sp³-hybridized carbons (Fsp3) is 0.444. The molecular formula is C18H22N4OS. The van der Waals surface area contributed by atoms with E-state index in [0.717, 1.165) is 31.1 Å². The Hall–Kier alpha value is -2.08. The molecule has 0 aromatic carbocycles. The third-order valence-corrected chi connectivity index (χ3v) is 5.56. The van der Waals surface area contributed by atoms with Gasteiger partial charge in [0.2, 0.25) is 5.91 Å². The van der Waals surface area contributed by atoms with Crippen LogP contribution in [0.1, 0.15) is 29.3 Å². The average molecular weight is 342 g/mol. The zero-order valence-electron chi connectivity index (χ0n) is 13.9. The SMILES string of the molecule is Cn1nc(C2CC2)cc1N1CCN(C(=O)/C=C/c2cccs2)CC1. The molecule has 6 heteroatoms. The second-order valence-electron chi connectivity index (χ2n) is 6.49. The van der Waals surface area contributed by atoms with E-state index in [0.29, 0.717) is 5.92 Å². The Bertz CT molecular complexity index is 737. The molecule has 126 valence electrons. The minimum Gasteiger partial charge on any atom is -0.353 e. The minimum atomic E-state index is 0.103. The summed E-state index contributed by atoms with van der Waals surface area (Å²) in [6.45, 7) is 3.25. The van der Waals surface area contributed by atoms with E-state index in [1.165, 1.54) is 24.4 Å². The van der Waals surface area contributed by atoms with Crippen LogP contribution >= 0.6 is 11.3 Å². The number of hydrogen-bond donors (Lipinski definition) is 0. The normalized spacial score (nSPS) is 18.5. The molecule has 1 amide bonds. The number of aromatic nitrogens is 2. The van der Waals surface area contributed by atoms with Gasteiger partial charge in [0.05, 0.1) is 5.69 Å². The molecule has 0 radical (unpaired) electrons. The van der Waals surface area contributed by atoms with E-state index in [-0.39, 0.29) is 5.91 Å². The summed E-state index contributed by atoms with van der Waals surface area (Å²) in [4.78, 5) is 17.7. The first-order valence-electron chi connectivity index (χ1n) is 8.50. The summed E-state index contributed by atoms with van der Waals surface area (Å²) in [6, 6.07) is 6.25. The van der Waals surface area contributed by atoms with Gasteiger partial charge >= 0.3 is 0 Å². The van der Waals surface area contributed by atoms with Crippen LogP contribution in [0.3, 0.4) is 0 Å². The van der Waals surface area contributed by atoms with Gasteiger partial charge in [0, 0.05) is 56.2 Å². The summed E-state index contributed by atoms with van der Waals surface area (Å²) in [5, 5.41) is 6.66. The van der Waals surface area contributed by atoms with Gasteiger partial charge in [-0.1, -0.05) is 6.07 Å². The molecule has 2 aliphatic rings. The minimum absolute atomic E-state index is 0.103. The molecule has 3 heterocycles. The monoisotopic (exact) mass is 342 g/mol. The second-order valence-corrected chi connectivity index (χ2v) is 7.47. The van der Waals surface area contributed by atoms with Gasteiger partial charge in [-0.2, -0.15) is 5.10 Å². The van der Waals surface area contributed by atoms with Crippen LogP contribution in [0.4, 0.5) is 5.82 Å². The van der Waals surface area contributed by atoms with Crippen LogP contribution in [-0.2, 0) is 11.8 Å². The van der Waals surface area contributed by atoms with Crippen LogP contribution in [0.5, 0.6) is 0 Å². The number of carbonyl (C=O) groups excluding carboxylic acids is 1. The van der Waals surface area contributed by atoms with Crippen LogP contribution in [-0.4, -0.2) is 46.8 Å². The fourth-order valence-corrected chi connectivity index (χ4v) is 3.77. The van der Waals surface area contributed by atoms with Crippen molar-refractivity contribution in [1.82, 2.24) is 14.7 Å². The van der Waals surface area contributed by atoms with Gasteiger partial charge in [-0.05, 0) is 30.4 Å². The molecular weight excluding hydrogens is 320 g/mol. The van der Waals surface area contributed by atoms with Crippen LogP contribution < -0.4 is 4.90 Å². The largest absolute Gasteiger partial charge is 0.353 e. The quantitative estimate of drug-likeness (QED) is 0.802. The molecule has 2 aromatic rings. The number of amides is 1. The summed E-state index contributed by atoms with van der Waals surface area (Å²) in [6.07, 6.45) is 6.14. The van der Waals surface area contributed by atoms with Crippen molar-refractivity contribution >= 4 is 29.1 Å². The van der Waals surface area contributed by atoms with Gasteiger partial charge in [-0.3, -0.25) is 9.48 Å².